The summed E-state index contributed by atoms with van der Waals surface area (Å²) in [6, 6.07) is 3.98. The lowest BCUT2D eigenvalue weighted by molar-refractivity contribution is 0.0952. The highest BCUT2D eigenvalue weighted by atomic mass is 19.1. The summed E-state index contributed by atoms with van der Waals surface area (Å²) in [6.07, 6.45) is 3.80. The zero-order valence-corrected chi connectivity index (χ0v) is 11.3. The second-order valence-electron chi connectivity index (χ2n) is 4.95. The lowest BCUT2D eigenvalue weighted by Gasteiger charge is -2.07. The average molecular weight is 275 g/mol. The van der Waals surface area contributed by atoms with Crippen molar-refractivity contribution in [3.63, 3.8) is 0 Å². The van der Waals surface area contributed by atoms with Crippen LogP contribution < -0.4 is 5.32 Å². The van der Waals surface area contributed by atoms with E-state index in [0.29, 0.717) is 18.5 Å². The minimum Gasteiger partial charge on any atom is -0.395 e. The van der Waals surface area contributed by atoms with Crippen LogP contribution in [0.4, 0.5) is 4.39 Å². The zero-order valence-electron chi connectivity index (χ0n) is 11.3. The summed E-state index contributed by atoms with van der Waals surface area (Å²) >= 11 is 0. The fourth-order valence-electron chi connectivity index (χ4n) is 1.92. The molecule has 0 unspecified atom stereocenters. The quantitative estimate of drug-likeness (QED) is 0.808. The van der Waals surface area contributed by atoms with Crippen molar-refractivity contribution in [1.29, 1.82) is 0 Å². The summed E-state index contributed by atoms with van der Waals surface area (Å²) in [5.41, 5.74) is 0.745. The van der Waals surface area contributed by atoms with Crippen molar-refractivity contribution >= 4 is 5.91 Å². The number of benzene rings is 1. The maximum atomic E-state index is 13.3. The molecule has 0 radical (unpaired) electrons. The predicted octanol–water partition coefficient (Wildman–Crippen LogP) is 2.09. The van der Waals surface area contributed by atoms with Crippen molar-refractivity contribution in [3.8, 4) is 11.8 Å². The van der Waals surface area contributed by atoms with Gasteiger partial charge in [0.25, 0.3) is 5.91 Å². The minimum absolute atomic E-state index is 0.0306. The van der Waals surface area contributed by atoms with Gasteiger partial charge in [-0.3, -0.25) is 4.79 Å². The molecule has 0 saturated heterocycles. The molecule has 1 fully saturated rings. The van der Waals surface area contributed by atoms with Crippen molar-refractivity contribution in [2.45, 2.75) is 25.7 Å². The van der Waals surface area contributed by atoms with Crippen molar-refractivity contribution in [1.82, 2.24) is 5.32 Å². The Hall–Kier alpha value is -1.86. The third-order valence-corrected chi connectivity index (χ3v) is 3.22. The van der Waals surface area contributed by atoms with E-state index in [9.17, 15) is 9.18 Å². The number of nitrogens with one attached hydrogen (secondary N) is 1. The maximum absolute atomic E-state index is 13.3. The molecule has 0 aliphatic heterocycles. The summed E-state index contributed by atoms with van der Waals surface area (Å²) in [5, 5.41) is 11.5. The minimum atomic E-state index is -0.454. The van der Waals surface area contributed by atoms with Gasteiger partial charge in [-0.25, -0.2) is 4.39 Å². The van der Waals surface area contributed by atoms with E-state index in [1.165, 1.54) is 31.0 Å². The monoisotopic (exact) mass is 275 g/mol. The van der Waals surface area contributed by atoms with Crippen LogP contribution in [-0.4, -0.2) is 24.2 Å². The van der Waals surface area contributed by atoms with Crippen LogP contribution in [0.3, 0.4) is 0 Å². The van der Waals surface area contributed by atoms with Crippen molar-refractivity contribution in [2.24, 2.45) is 5.92 Å². The molecule has 0 atom stereocenters. The fourth-order valence-corrected chi connectivity index (χ4v) is 1.92. The summed E-state index contributed by atoms with van der Waals surface area (Å²) < 4.78 is 13.3. The standard InChI is InChI=1S/C16H18FNO2/c17-14-7-6-13(3-1-2-10-19)15(11-14)16(20)18-9-8-12-4-5-12/h6-7,11-12,19H,2,4-5,8-10H2,(H,18,20). The molecule has 20 heavy (non-hydrogen) atoms. The molecule has 2 rings (SSSR count). The van der Waals surface area contributed by atoms with E-state index in [1.54, 1.807) is 0 Å². The first-order valence-electron chi connectivity index (χ1n) is 6.88. The molecule has 2 N–H and O–H groups in total. The van der Waals surface area contributed by atoms with Gasteiger partial charge in [0.05, 0.1) is 12.2 Å². The number of rotatable bonds is 5. The molecule has 4 heteroatoms. The number of aliphatic hydroxyl groups excluding tert-OH is 1. The molecular formula is C16H18FNO2. The van der Waals surface area contributed by atoms with Gasteiger partial charge in [0.15, 0.2) is 0 Å². The van der Waals surface area contributed by atoms with E-state index in [2.05, 4.69) is 17.2 Å². The fraction of sp³-hybridized carbons (Fsp3) is 0.438. The number of hydrogen-bond donors (Lipinski definition) is 2. The van der Waals surface area contributed by atoms with Crippen molar-refractivity contribution in [2.75, 3.05) is 13.2 Å². The molecule has 0 spiro atoms. The number of aliphatic hydroxyl groups is 1. The lowest BCUT2D eigenvalue weighted by Crippen LogP contribution is -2.25. The molecule has 1 amide bonds. The van der Waals surface area contributed by atoms with E-state index in [-0.39, 0.29) is 18.1 Å². The van der Waals surface area contributed by atoms with Crippen LogP contribution in [0.15, 0.2) is 18.2 Å². The Balaban J connectivity index is 2.04. The molecule has 1 aliphatic rings. The number of amides is 1. The topological polar surface area (TPSA) is 49.3 Å². The van der Waals surface area contributed by atoms with Gasteiger partial charge in [0.1, 0.15) is 5.82 Å². The molecule has 1 aromatic rings. The Bertz CT molecular complexity index is 541. The van der Waals surface area contributed by atoms with Crippen LogP contribution in [0.1, 0.15) is 41.6 Å². The van der Waals surface area contributed by atoms with E-state index in [1.807, 2.05) is 0 Å². The molecule has 0 heterocycles. The summed E-state index contributed by atoms with van der Waals surface area (Å²) in [6.45, 7) is 0.584. The number of hydrogen-bond acceptors (Lipinski definition) is 2. The lowest BCUT2D eigenvalue weighted by atomic mass is 10.1. The van der Waals surface area contributed by atoms with Gasteiger partial charge in [-0.1, -0.05) is 24.7 Å². The van der Waals surface area contributed by atoms with Gasteiger partial charge < -0.3 is 10.4 Å². The Morgan fingerprint density at radius 1 is 1.45 bits per heavy atom. The number of carbonyl (C=O) groups is 1. The first-order valence-corrected chi connectivity index (χ1v) is 6.88. The second kappa shape index (κ2) is 7.06. The smallest absolute Gasteiger partial charge is 0.252 e. The molecule has 3 nitrogen and oxygen atoms in total. The van der Waals surface area contributed by atoms with Crippen LogP contribution in [0, 0.1) is 23.6 Å². The van der Waals surface area contributed by atoms with Gasteiger partial charge in [0.2, 0.25) is 0 Å². The largest absolute Gasteiger partial charge is 0.395 e. The highest BCUT2D eigenvalue weighted by molar-refractivity contribution is 5.96. The highest BCUT2D eigenvalue weighted by Gasteiger charge is 2.21. The predicted molar refractivity (Wildman–Crippen MR) is 74.7 cm³/mol. The van der Waals surface area contributed by atoms with Crippen LogP contribution >= 0.6 is 0 Å². The van der Waals surface area contributed by atoms with E-state index < -0.39 is 5.82 Å². The zero-order chi connectivity index (χ0) is 14.4. The Kier molecular flexibility index (Phi) is 5.14. The second-order valence-corrected chi connectivity index (χ2v) is 4.95. The normalized spacial score (nSPS) is 13.5. The third-order valence-electron chi connectivity index (χ3n) is 3.22. The molecule has 1 saturated carbocycles. The van der Waals surface area contributed by atoms with Gasteiger partial charge in [-0.05, 0) is 30.5 Å². The van der Waals surface area contributed by atoms with Crippen LogP contribution in [-0.2, 0) is 0 Å². The average Bonchev–Trinajstić information content (AvgIpc) is 3.24. The SMILES string of the molecule is O=C(NCCC1CC1)c1cc(F)ccc1C#CCCO. The van der Waals surface area contributed by atoms with E-state index in [0.717, 1.165) is 12.3 Å². The molecule has 0 bridgehead atoms. The van der Waals surface area contributed by atoms with Gasteiger partial charge in [-0.2, -0.15) is 0 Å². The van der Waals surface area contributed by atoms with Gasteiger partial charge in [-0.15, -0.1) is 0 Å². The molecule has 1 aromatic carbocycles. The molecular weight excluding hydrogens is 257 g/mol. The first-order chi connectivity index (χ1) is 9.70. The number of halogens is 1. The summed E-state index contributed by atoms with van der Waals surface area (Å²) in [7, 11) is 0. The van der Waals surface area contributed by atoms with E-state index in [4.69, 9.17) is 5.11 Å². The summed E-state index contributed by atoms with van der Waals surface area (Å²) in [4.78, 5) is 12.1. The van der Waals surface area contributed by atoms with Gasteiger partial charge >= 0.3 is 0 Å². The Morgan fingerprint density at radius 3 is 2.95 bits per heavy atom. The maximum Gasteiger partial charge on any atom is 0.252 e. The van der Waals surface area contributed by atoms with Crippen molar-refractivity contribution in [3.05, 3.63) is 35.1 Å². The van der Waals surface area contributed by atoms with Gasteiger partial charge in [0, 0.05) is 18.5 Å². The molecule has 1 aliphatic carbocycles. The molecule has 0 aromatic heterocycles. The Morgan fingerprint density at radius 2 is 2.25 bits per heavy atom. The Labute approximate surface area is 118 Å². The van der Waals surface area contributed by atoms with E-state index >= 15 is 0 Å². The number of carbonyl (C=O) groups excluding carboxylic acids is 1. The van der Waals surface area contributed by atoms with Crippen molar-refractivity contribution < 1.29 is 14.3 Å². The highest BCUT2D eigenvalue weighted by Crippen LogP contribution is 2.31. The summed E-state index contributed by atoms with van der Waals surface area (Å²) in [5.74, 6) is 5.54. The van der Waals surface area contributed by atoms with Crippen LogP contribution in [0.25, 0.3) is 0 Å². The third kappa shape index (κ3) is 4.36. The van der Waals surface area contributed by atoms with Crippen LogP contribution in [0.2, 0.25) is 0 Å². The first kappa shape index (κ1) is 14.5. The van der Waals surface area contributed by atoms with Crippen LogP contribution in [0.5, 0.6) is 0 Å². The molecule has 106 valence electrons.